The van der Waals surface area contributed by atoms with Gasteiger partial charge in [-0.1, -0.05) is 27.7 Å². The third-order valence-corrected chi connectivity index (χ3v) is 8.23. The predicted octanol–water partition coefficient (Wildman–Crippen LogP) is -3.29. The van der Waals surface area contributed by atoms with Gasteiger partial charge in [0.05, 0.1) is 31.5 Å². The Kier molecular flexibility index (Phi) is 16.7. The van der Waals surface area contributed by atoms with Crippen molar-refractivity contribution in [3.8, 4) is 0 Å². The molecule has 17 heteroatoms. The van der Waals surface area contributed by atoms with E-state index < -0.39 is 84.0 Å². The molecule has 1 aliphatic carbocycles. The second kappa shape index (κ2) is 18.8. The van der Waals surface area contributed by atoms with Crippen LogP contribution in [0.1, 0.15) is 73.1 Å². The highest BCUT2D eigenvalue weighted by Crippen LogP contribution is 2.37. The fourth-order valence-corrected chi connectivity index (χ4v) is 5.27. The molecule has 10 N–H and O–H groups in total. The van der Waals surface area contributed by atoms with Gasteiger partial charge in [0.2, 0.25) is 23.6 Å². The second-order valence-corrected chi connectivity index (χ2v) is 13.1. The molecule has 1 rings (SSSR count). The summed E-state index contributed by atoms with van der Waals surface area (Å²) in [5, 5.41) is 62.0. The van der Waals surface area contributed by atoms with Gasteiger partial charge in [-0.3, -0.25) is 28.8 Å². The molecule has 1 aliphatic rings. The lowest BCUT2D eigenvalue weighted by Crippen LogP contribution is -2.60. The normalized spacial score (nSPS) is 23.7. The Morgan fingerprint density at radius 2 is 1.55 bits per heavy atom. The van der Waals surface area contributed by atoms with Crippen LogP contribution in [0.25, 0.3) is 0 Å². The molecule has 47 heavy (non-hydrogen) atoms. The minimum absolute atomic E-state index is 0.101. The summed E-state index contributed by atoms with van der Waals surface area (Å²) in [6, 6.07) is -1.17. The lowest BCUT2D eigenvalue weighted by Gasteiger charge is -2.39. The van der Waals surface area contributed by atoms with Gasteiger partial charge >= 0.3 is 0 Å². The Bertz CT molecular complexity index is 1080. The van der Waals surface area contributed by atoms with Gasteiger partial charge < -0.3 is 56.9 Å². The van der Waals surface area contributed by atoms with Crippen LogP contribution < -0.4 is 26.6 Å². The summed E-state index contributed by atoms with van der Waals surface area (Å²) in [5.74, 6) is -3.05. The number of aliphatic hydroxyl groups is 5. The van der Waals surface area contributed by atoms with E-state index in [4.69, 9.17) is 0 Å². The van der Waals surface area contributed by atoms with Gasteiger partial charge in [0, 0.05) is 49.7 Å². The highest BCUT2D eigenvalue weighted by Gasteiger charge is 2.48. The summed E-state index contributed by atoms with van der Waals surface area (Å²) >= 11 is 0. The van der Waals surface area contributed by atoms with Gasteiger partial charge in [-0.05, 0) is 26.2 Å². The Morgan fingerprint density at radius 1 is 0.957 bits per heavy atom. The van der Waals surface area contributed by atoms with Crippen LogP contribution in [-0.2, 0) is 33.5 Å². The van der Waals surface area contributed by atoms with Crippen LogP contribution in [0.4, 0.5) is 0 Å². The summed E-state index contributed by atoms with van der Waals surface area (Å²) in [6.07, 6.45) is -5.55. The van der Waals surface area contributed by atoms with Crippen LogP contribution in [-0.4, -0.2) is 130 Å². The summed E-state index contributed by atoms with van der Waals surface area (Å²) in [4.78, 5) is 74.1. The van der Waals surface area contributed by atoms with E-state index in [1.807, 2.05) is 6.92 Å². The molecule has 1 fully saturated rings. The number of aliphatic hydroxyl groups excluding tert-OH is 4. The van der Waals surface area contributed by atoms with Crippen molar-refractivity contribution in [2.75, 3.05) is 32.8 Å². The molecule has 5 amide bonds. The molecular weight excluding hydrogens is 622 g/mol. The molecule has 5 atom stereocenters. The molecule has 0 aromatic carbocycles. The Balaban J connectivity index is 2.61. The van der Waals surface area contributed by atoms with Crippen molar-refractivity contribution in [3.63, 3.8) is 0 Å². The first kappa shape index (κ1) is 41.6. The SMILES string of the molecule is CCC(C)(CC(C)(C)C(=O)NCCCNC(=O)C(CCOC=O)NC(=O)CNC(=O)[C@]1(O)CC(O)[C@@H](O)C(O)C1)C(=O)NCC(C)O. The molecule has 0 saturated heterocycles. The summed E-state index contributed by atoms with van der Waals surface area (Å²) in [6.45, 7) is 8.33. The smallest absolute Gasteiger partial charge is 0.293 e. The maximum Gasteiger partial charge on any atom is 0.293 e. The van der Waals surface area contributed by atoms with Gasteiger partial charge in [0.15, 0.2) is 0 Å². The lowest BCUT2D eigenvalue weighted by molar-refractivity contribution is -0.173. The van der Waals surface area contributed by atoms with E-state index in [0.717, 1.165) is 0 Å². The summed E-state index contributed by atoms with van der Waals surface area (Å²) in [5.41, 5.74) is -3.99. The number of nitrogens with one attached hydrogen (secondary N) is 5. The average molecular weight is 676 g/mol. The van der Waals surface area contributed by atoms with Gasteiger partial charge in [-0.2, -0.15) is 0 Å². The molecule has 0 aromatic heterocycles. The Labute approximate surface area is 274 Å². The molecule has 0 aliphatic heterocycles. The van der Waals surface area contributed by atoms with E-state index in [0.29, 0.717) is 12.8 Å². The van der Waals surface area contributed by atoms with Gasteiger partial charge in [0.1, 0.15) is 17.7 Å². The topological polar surface area (TPSA) is 273 Å². The van der Waals surface area contributed by atoms with E-state index in [1.165, 1.54) is 0 Å². The zero-order valence-electron chi connectivity index (χ0n) is 27.8. The van der Waals surface area contributed by atoms with E-state index in [-0.39, 0.29) is 57.4 Å². The van der Waals surface area contributed by atoms with Crippen molar-refractivity contribution in [1.82, 2.24) is 26.6 Å². The molecule has 0 bridgehead atoms. The number of ether oxygens (including phenoxy) is 1. The summed E-state index contributed by atoms with van der Waals surface area (Å²) in [7, 11) is 0. The van der Waals surface area contributed by atoms with Crippen LogP contribution >= 0.6 is 0 Å². The fourth-order valence-electron chi connectivity index (χ4n) is 5.27. The average Bonchev–Trinajstić information content (AvgIpc) is 2.99. The number of rotatable bonds is 20. The Morgan fingerprint density at radius 3 is 2.11 bits per heavy atom. The van der Waals surface area contributed by atoms with E-state index >= 15 is 0 Å². The molecule has 0 spiro atoms. The molecule has 5 unspecified atom stereocenters. The monoisotopic (exact) mass is 675 g/mol. The number of carbonyl (C=O) groups is 6. The Hall–Kier alpha value is -3.38. The first-order valence-corrected chi connectivity index (χ1v) is 15.7. The minimum Gasteiger partial charge on any atom is -0.468 e. The zero-order chi connectivity index (χ0) is 36.0. The van der Waals surface area contributed by atoms with Crippen molar-refractivity contribution in [1.29, 1.82) is 0 Å². The van der Waals surface area contributed by atoms with Gasteiger partial charge in [-0.25, -0.2) is 0 Å². The molecular formula is C30H53N5O12. The first-order chi connectivity index (χ1) is 21.8. The largest absolute Gasteiger partial charge is 0.468 e. The van der Waals surface area contributed by atoms with E-state index in [2.05, 4.69) is 31.3 Å². The lowest BCUT2D eigenvalue weighted by atomic mass is 9.71. The third-order valence-electron chi connectivity index (χ3n) is 8.23. The standard InChI is InChI=1S/C30H53N5O12/c1-6-29(5,26(44)33-14-18(2)37)16-28(3,4)25(43)32-10-7-9-31-24(42)19(8-11-47-17-36)35-22(40)15-34-27(45)30(46)12-20(38)23(41)21(39)13-30/h17-21,23,37-39,41,46H,6-16H2,1-5H3,(H,31,42)(H,32,43)(H,33,44)(H,34,45)(H,35,40)/t18?,19?,20?,21?,23-,29?,30+. The molecule has 1 saturated carbocycles. The maximum atomic E-state index is 13.0. The first-order valence-electron chi connectivity index (χ1n) is 15.7. The van der Waals surface area contributed by atoms with Crippen molar-refractivity contribution in [2.24, 2.45) is 10.8 Å². The molecule has 17 nitrogen and oxygen atoms in total. The second-order valence-electron chi connectivity index (χ2n) is 13.1. The van der Waals surface area contributed by atoms with Gasteiger partial charge in [-0.15, -0.1) is 0 Å². The van der Waals surface area contributed by atoms with Crippen molar-refractivity contribution < 1.29 is 59.0 Å². The minimum atomic E-state index is -2.24. The molecule has 0 heterocycles. The van der Waals surface area contributed by atoms with Crippen LogP contribution in [0.15, 0.2) is 0 Å². The molecule has 270 valence electrons. The molecule has 0 aromatic rings. The third kappa shape index (κ3) is 13.3. The van der Waals surface area contributed by atoms with Crippen LogP contribution in [0, 0.1) is 10.8 Å². The highest BCUT2D eigenvalue weighted by molar-refractivity contribution is 5.92. The summed E-state index contributed by atoms with van der Waals surface area (Å²) < 4.78 is 4.63. The zero-order valence-corrected chi connectivity index (χ0v) is 27.8. The number of carbonyl (C=O) groups excluding carboxylic acids is 6. The number of hydrogen-bond donors (Lipinski definition) is 10. The van der Waals surface area contributed by atoms with Crippen LogP contribution in [0.5, 0.6) is 0 Å². The molecule has 0 radical (unpaired) electrons. The highest BCUT2D eigenvalue weighted by atomic mass is 16.5. The van der Waals surface area contributed by atoms with Crippen LogP contribution in [0.2, 0.25) is 0 Å². The van der Waals surface area contributed by atoms with E-state index in [9.17, 15) is 54.3 Å². The van der Waals surface area contributed by atoms with Crippen molar-refractivity contribution in [3.05, 3.63) is 0 Å². The van der Waals surface area contributed by atoms with Gasteiger partial charge in [0.25, 0.3) is 12.4 Å². The number of amides is 5. The fraction of sp³-hybridized carbons (Fsp3) is 0.800. The van der Waals surface area contributed by atoms with Crippen molar-refractivity contribution in [2.45, 2.75) is 109 Å². The number of hydrogen-bond acceptors (Lipinski definition) is 12. The quantitative estimate of drug-likeness (QED) is 0.0449. The van der Waals surface area contributed by atoms with Crippen LogP contribution in [0.3, 0.4) is 0 Å². The predicted molar refractivity (Wildman–Crippen MR) is 166 cm³/mol. The van der Waals surface area contributed by atoms with E-state index in [1.54, 1.807) is 27.7 Å². The maximum absolute atomic E-state index is 13.0. The van der Waals surface area contributed by atoms with Crippen molar-refractivity contribution >= 4 is 36.0 Å².